The van der Waals surface area contributed by atoms with Gasteiger partial charge in [0.1, 0.15) is 0 Å². The van der Waals surface area contributed by atoms with E-state index in [1.165, 1.54) is 6.42 Å². The Morgan fingerprint density at radius 2 is 2.05 bits per heavy atom. The smallest absolute Gasteiger partial charge is 0.262 e. The molecule has 0 radical (unpaired) electrons. The molecule has 1 aliphatic rings. The lowest BCUT2D eigenvalue weighted by Gasteiger charge is -2.30. The molecule has 0 aromatic carbocycles. The Kier molecular flexibility index (Phi) is 5.09. The maximum Gasteiger partial charge on any atom is 0.262 e. The van der Waals surface area contributed by atoms with Crippen LogP contribution in [-0.2, 0) is 15.9 Å². The molecule has 0 aliphatic carbocycles. The molecule has 1 aromatic rings. The summed E-state index contributed by atoms with van der Waals surface area (Å²) in [5.74, 6) is 0.809. The SMILES string of the molecule is CCCC1CCN(S(=O)(=O)c2n[nH]c(C)c2CCl)CC1. The zero-order valence-corrected chi connectivity index (χ0v) is 13.6. The summed E-state index contributed by atoms with van der Waals surface area (Å²) in [4.78, 5) is 0. The van der Waals surface area contributed by atoms with Gasteiger partial charge in [0, 0.05) is 24.3 Å². The first-order valence-corrected chi connectivity index (χ1v) is 9.08. The number of nitrogens with zero attached hydrogens (tertiary/aromatic N) is 2. The number of H-pyrrole nitrogens is 1. The number of hydrogen-bond acceptors (Lipinski definition) is 3. The van der Waals surface area contributed by atoms with Gasteiger partial charge in [0.15, 0.2) is 5.03 Å². The molecule has 1 saturated heterocycles. The van der Waals surface area contributed by atoms with Crippen molar-refractivity contribution in [3.63, 3.8) is 0 Å². The molecule has 1 N–H and O–H groups in total. The lowest BCUT2D eigenvalue weighted by Crippen LogP contribution is -2.38. The molecule has 114 valence electrons. The Morgan fingerprint density at radius 3 is 2.60 bits per heavy atom. The van der Waals surface area contributed by atoms with Crippen molar-refractivity contribution in [1.82, 2.24) is 14.5 Å². The molecule has 0 bridgehead atoms. The summed E-state index contributed by atoms with van der Waals surface area (Å²) in [7, 11) is -3.52. The molecule has 0 atom stereocenters. The van der Waals surface area contributed by atoms with E-state index in [9.17, 15) is 8.42 Å². The van der Waals surface area contributed by atoms with Gasteiger partial charge in [-0.15, -0.1) is 11.6 Å². The molecule has 0 amide bonds. The minimum Gasteiger partial charge on any atom is -0.281 e. The highest BCUT2D eigenvalue weighted by Gasteiger charge is 2.33. The number of aryl methyl sites for hydroxylation is 1. The predicted octanol–water partition coefficient (Wildman–Crippen LogP) is 2.66. The molecule has 0 spiro atoms. The van der Waals surface area contributed by atoms with Crippen molar-refractivity contribution < 1.29 is 8.42 Å². The largest absolute Gasteiger partial charge is 0.281 e. The van der Waals surface area contributed by atoms with Gasteiger partial charge >= 0.3 is 0 Å². The van der Waals surface area contributed by atoms with Crippen LogP contribution in [0.2, 0.25) is 0 Å². The predicted molar refractivity (Wildman–Crippen MR) is 79.3 cm³/mol. The van der Waals surface area contributed by atoms with Gasteiger partial charge in [-0.2, -0.15) is 9.40 Å². The van der Waals surface area contributed by atoms with Crippen LogP contribution in [0.15, 0.2) is 5.03 Å². The van der Waals surface area contributed by atoms with Crippen LogP contribution in [0.3, 0.4) is 0 Å². The molecule has 2 heterocycles. The van der Waals surface area contributed by atoms with Crippen LogP contribution < -0.4 is 0 Å². The van der Waals surface area contributed by atoms with Crippen LogP contribution in [0.25, 0.3) is 0 Å². The van der Waals surface area contributed by atoms with Gasteiger partial charge in [-0.05, 0) is 25.7 Å². The third-order valence-corrected chi connectivity index (χ3v) is 6.16. The van der Waals surface area contributed by atoms with Gasteiger partial charge in [0.2, 0.25) is 0 Å². The molecule has 7 heteroatoms. The molecule has 0 saturated carbocycles. The first-order valence-electron chi connectivity index (χ1n) is 7.10. The topological polar surface area (TPSA) is 66.1 Å². The minimum absolute atomic E-state index is 0.0962. The number of halogens is 1. The molecule has 2 rings (SSSR count). The first-order chi connectivity index (χ1) is 9.50. The van der Waals surface area contributed by atoms with Gasteiger partial charge in [0.25, 0.3) is 10.0 Å². The van der Waals surface area contributed by atoms with Crippen LogP contribution in [0.5, 0.6) is 0 Å². The maximum absolute atomic E-state index is 12.6. The lowest BCUT2D eigenvalue weighted by molar-refractivity contribution is 0.262. The Hall–Kier alpha value is -0.590. The van der Waals surface area contributed by atoms with Crippen molar-refractivity contribution in [2.24, 2.45) is 5.92 Å². The number of aromatic nitrogens is 2. The third kappa shape index (κ3) is 3.02. The molecule has 5 nitrogen and oxygen atoms in total. The molecular weight excluding hydrogens is 298 g/mol. The number of sulfonamides is 1. The number of rotatable bonds is 5. The lowest BCUT2D eigenvalue weighted by atomic mass is 9.94. The Balaban J connectivity index is 2.15. The first kappa shape index (κ1) is 15.8. The Morgan fingerprint density at radius 1 is 1.40 bits per heavy atom. The molecule has 1 aromatic heterocycles. The van der Waals surface area contributed by atoms with Crippen molar-refractivity contribution in [3.05, 3.63) is 11.3 Å². The fraction of sp³-hybridized carbons (Fsp3) is 0.769. The Labute approximate surface area is 125 Å². The number of nitrogens with one attached hydrogen (secondary N) is 1. The highest BCUT2D eigenvalue weighted by atomic mass is 35.5. The summed E-state index contributed by atoms with van der Waals surface area (Å²) >= 11 is 5.85. The summed E-state index contributed by atoms with van der Waals surface area (Å²) in [5.41, 5.74) is 1.31. The van der Waals surface area contributed by atoms with Gasteiger partial charge < -0.3 is 0 Å². The van der Waals surface area contributed by atoms with Crippen LogP contribution in [0.4, 0.5) is 0 Å². The quantitative estimate of drug-likeness (QED) is 0.848. The molecule has 1 aliphatic heterocycles. The van der Waals surface area contributed by atoms with Gasteiger partial charge in [-0.3, -0.25) is 5.10 Å². The van der Waals surface area contributed by atoms with Crippen LogP contribution in [0.1, 0.15) is 43.9 Å². The number of alkyl halides is 1. The second-order valence-corrected chi connectivity index (χ2v) is 7.52. The average molecular weight is 320 g/mol. The monoisotopic (exact) mass is 319 g/mol. The average Bonchev–Trinajstić information content (AvgIpc) is 2.81. The summed E-state index contributed by atoms with van der Waals surface area (Å²) in [6.07, 6.45) is 4.22. The number of piperidine rings is 1. The van der Waals surface area contributed by atoms with E-state index in [-0.39, 0.29) is 10.9 Å². The van der Waals surface area contributed by atoms with E-state index in [2.05, 4.69) is 17.1 Å². The number of hydrogen-bond donors (Lipinski definition) is 1. The summed E-state index contributed by atoms with van der Waals surface area (Å²) < 4.78 is 26.8. The van der Waals surface area contributed by atoms with Crippen molar-refractivity contribution in [2.45, 2.75) is 50.4 Å². The van der Waals surface area contributed by atoms with E-state index in [4.69, 9.17) is 11.6 Å². The maximum atomic E-state index is 12.6. The van der Waals surface area contributed by atoms with Crippen molar-refractivity contribution in [2.75, 3.05) is 13.1 Å². The second-order valence-electron chi connectivity index (χ2n) is 5.40. The van der Waals surface area contributed by atoms with E-state index in [0.29, 0.717) is 24.6 Å². The molecule has 0 unspecified atom stereocenters. The normalized spacial score (nSPS) is 18.6. The van der Waals surface area contributed by atoms with Crippen molar-refractivity contribution >= 4 is 21.6 Å². The zero-order chi connectivity index (χ0) is 14.8. The van der Waals surface area contributed by atoms with E-state index in [1.54, 1.807) is 11.2 Å². The van der Waals surface area contributed by atoms with Crippen LogP contribution >= 0.6 is 11.6 Å². The summed E-state index contributed by atoms with van der Waals surface area (Å²) in [6.45, 7) is 5.13. The fourth-order valence-electron chi connectivity index (χ4n) is 2.77. The van der Waals surface area contributed by atoms with Gasteiger partial charge in [-0.25, -0.2) is 8.42 Å². The van der Waals surface area contributed by atoms with Crippen LogP contribution in [0, 0.1) is 12.8 Å². The van der Waals surface area contributed by atoms with E-state index in [0.717, 1.165) is 25.0 Å². The Bertz CT molecular complexity index is 548. The zero-order valence-electron chi connectivity index (χ0n) is 12.0. The van der Waals surface area contributed by atoms with Crippen molar-refractivity contribution in [3.8, 4) is 0 Å². The van der Waals surface area contributed by atoms with Crippen molar-refractivity contribution in [1.29, 1.82) is 0 Å². The standard InChI is InChI=1S/C13H22ClN3O2S/c1-3-4-11-5-7-17(8-6-11)20(18,19)13-12(9-14)10(2)15-16-13/h11H,3-9H2,1-2H3,(H,15,16). The molecule has 1 fully saturated rings. The highest BCUT2D eigenvalue weighted by molar-refractivity contribution is 7.89. The highest BCUT2D eigenvalue weighted by Crippen LogP contribution is 2.28. The number of aromatic amines is 1. The summed E-state index contributed by atoms with van der Waals surface area (Å²) in [5, 5.41) is 6.77. The fourth-order valence-corrected chi connectivity index (χ4v) is 4.81. The molecule has 20 heavy (non-hydrogen) atoms. The van der Waals surface area contributed by atoms with Crippen LogP contribution in [-0.4, -0.2) is 36.0 Å². The van der Waals surface area contributed by atoms with E-state index < -0.39 is 10.0 Å². The minimum atomic E-state index is -3.52. The van der Waals surface area contributed by atoms with E-state index >= 15 is 0 Å². The van der Waals surface area contributed by atoms with E-state index in [1.807, 2.05) is 0 Å². The van der Waals surface area contributed by atoms with Gasteiger partial charge in [0.05, 0.1) is 5.88 Å². The summed E-state index contributed by atoms with van der Waals surface area (Å²) in [6, 6.07) is 0. The molecular formula is C13H22ClN3O2S. The second kappa shape index (κ2) is 6.45. The third-order valence-electron chi connectivity index (χ3n) is 4.02. The van der Waals surface area contributed by atoms with Gasteiger partial charge in [-0.1, -0.05) is 19.8 Å².